The summed E-state index contributed by atoms with van der Waals surface area (Å²) >= 11 is 13.0. The van der Waals surface area contributed by atoms with Crippen LogP contribution in [0, 0.1) is 11.6 Å². The van der Waals surface area contributed by atoms with Gasteiger partial charge in [-0.15, -0.1) is 16.8 Å². The molecule has 2 aromatic carbocycles. The van der Waals surface area contributed by atoms with Crippen LogP contribution in [-0.2, 0) is 11.3 Å². The van der Waals surface area contributed by atoms with Crippen LogP contribution in [0.5, 0.6) is 5.75 Å². The Morgan fingerprint density at radius 3 is 2.72 bits per heavy atom. The Labute approximate surface area is 197 Å². The lowest BCUT2D eigenvalue weighted by Gasteiger charge is -2.16. The number of ether oxygens (including phenoxy) is 1. The van der Waals surface area contributed by atoms with E-state index in [1.165, 1.54) is 6.07 Å². The van der Waals surface area contributed by atoms with Gasteiger partial charge in [0, 0.05) is 18.3 Å². The fraction of sp³-hybridized carbons (Fsp3) is 0.190. The zero-order valence-electron chi connectivity index (χ0n) is 16.8. The van der Waals surface area contributed by atoms with Gasteiger partial charge in [-0.25, -0.2) is 8.78 Å². The first-order chi connectivity index (χ1) is 15.3. The third-order valence-corrected chi connectivity index (χ3v) is 5.86. The summed E-state index contributed by atoms with van der Waals surface area (Å²) in [5.41, 5.74) is 0.515. The number of nitrogens with zero attached hydrogens (tertiary/aromatic N) is 3. The van der Waals surface area contributed by atoms with E-state index >= 15 is 0 Å². The molecule has 0 radical (unpaired) electrons. The predicted octanol–water partition coefficient (Wildman–Crippen LogP) is 5.92. The summed E-state index contributed by atoms with van der Waals surface area (Å²) in [6, 6.07) is 7.84. The van der Waals surface area contributed by atoms with E-state index in [-0.39, 0.29) is 17.4 Å². The number of carbonyl (C=O) groups excluding carboxylic acids is 1. The second kappa shape index (κ2) is 10.8. The van der Waals surface area contributed by atoms with Crippen molar-refractivity contribution in [1.82, 2.24) is 14.8 Å². The molecule has 0 saturated heterocycles. The Kier molecular flexibility index (Phi) is 8.11. The highest BCUT2D eigenvalue weighted by Gasteiger charge is 2.21. The van der Waals surface area contributed by atoms with Crippen molar-refractivity contribution in [3.8, 4) is 5.75 Å². The van der Waals surface area contributed by atoms with Gasteiger partial charge in [0.05, 0.1) is 15.8 Å². The second-order valence-electron chi connectivity index (χ2n) is 6.54. The van der Waals surface area contributed by atoms with E-state index in [1.807, 2.05) is 0 Å². The van der Waals surface area contributed by atoms with Crippen molar-refractivity contribution in [3.05, 3.63) is 76.6 Å². The second-order valence-corrected chi connectivity index (χ2v) is 8.30. The molecule has 6 nitrogen and oxygen atoms in total. The number of halogens is 4. The Bertz CT molecular complexity index is 1140. The molecule has 32 heavy (non-hydrogen) atoms. The largest absolute Gasteiger partial charge is 0.480 e. The highest BCUT2D eigenvalue weighted by atomic mass is 35.5. The number of carbonyl (C=O) groups is 1. The zero-order valence-corrected chi connectivity index (χ0v) is 19.1. The summed E-state index contributed by atoms with van der Waals surface area (Å²) in [5.74, 6) is -1.45. The number of nitrogens with one attached hydrogen (secondary N) is 1. The van der Waals surface area contributed by atoms with Gasteiger partial charge in [-0.1, -0.05) is 41.0 Å². The summed E-state index contributed by atoms with van der Waals surface area (Å²) in [6.07, 6.45) is 0.944. The maximum atomic E-state index is 13.9. The van der Waals surface area contributed by atoms with Crippen LogP contribution >= 0.6 is 35.0 Å². The Morgan fingerprint density at radius 1 is 1.25 bits per heavy atom. The van der Waals surface area contributed by atoms with Crippen LogP contribution in [0.15, 0.2) is 54.2 Å². The molecule has 1 heterocycles. The molecule has 0 bridgehead atoms. The van der Waals surface area contributed by atoms with Gasteiger partial charge in [-0.2, -0.15) is 0 Å². The van der Waals surface area contributed by atoms with Crippen molar-refractivity contribution >= 4 is 46.6 Å². The van der Waals surface area contributed by atoms with Crippen LogP contribution < -0.4 is 10.1 Å². The van der Waals surface area contributed by atoms with Crippen molar-refractivity contribution in [2.24, 2.45) is 0 Å². The number of hydrogen-bond donors (Lipinski definition) is 1. The molecule has 3 aromatic rings. The fourth-order valence-electron chi connectivity index (χ4n) is 2.72. The SMILES string of the molecule is C=CCn1c(SCC(=O)Nc2ccc(Cl)c(Cl)c2)nnc1C(C)Oc1ccc(F)cc1F. The van der Waals surface area contributed by atoms with Crippen molar-refractivity contribution in [3.63, 3.8) is 0 Å². The third-order valence-electron chi connectivity index (χ3n) is 4.15. The van der Waals surface area contributed by atoms with E-state index in [0.717, 1.165) is 23.9 Å². The summed E-state index contributed by atoms with van der Waals surface area (Å²) in [5, 5.41) is 12.1. The number of aromatic nitrogens is 3. The first-order valence-electron chi connectivity index (χ1n) is 9.32. The Balaban J connectivity index is 1.68. The maximum Gasteiger partial charge on any atom is 0.234 e. The third kappa shape index (κ3) is 5.99. The molecule has 0 aliphatic carbocycles. The van der Waals surface area contributed by atoms with E-state index in [2.05, 4.69) is 22.1 Å². The summed E-state index contributed by atoms with van der Waals surface area (Å²) in [4.78, 5) is 12.3. The number of hydrogen-bond acceptors (Lipinski definition) is 5. The highest BCUT2D eigenvalue weighted by molar-refractivity contribution is 7.99. The van der Waals surface area contributed by atoms with Crippen LogP contribution in [0.3, 0.4) is 0 Å². The van der Waals surface area contributed by atoms with E-state index in [9.17, 15) is 13.6 Å². The molecule has 168 valence electrons. The van der Waals surface area contributed by atoms with Crippen LogP contribution in [0.2, 0.25) is 10.0 Å². The maximum absolute atomic E-state index is 13.9. The number of amides is 1. The normalized spacial score (nSPS) is 11.8. The van der Waals surface area contributed by atoms with Crippen molar-refractivity contribution in [1.29, 1.82) is 0 Å². The van der Waals surface area contributed by atoms with Crippen LogP contribution in [0.1, 0.15) is 18.9 Å². The molecule has 1 atom stereocenters. The minimum atomic E-state index is -0.819. The molecule has 0 spiro atoms. The monoisotopic (exact) mass is 498 g/mol. The van der Waals surface area contributed by atoms with Crippen molar-refractivity contribution in [2.75, 3.05) is 11.1 Å². The van der Waals surface area contributed by atoms with Crippen LogP contribution in [0.4, 0.5) is 14.5 Å². The molecule has 0 fully saturated rings. The van der Waals surface area contributed by atoms with Crippen LogP contribution in [-0.4, -0.2) is 26.4 Å². The topological polar surface area (TPSA) is 69.0 Å². The molecule has 1 N–H and O–H groups in total. The summed E-state index contributed by atoms with van der Waals surface area (Å²) in [6.45, 7) is 5.73. The first kappa shape index (κ1) is 24.0. The van der Waals surface area contributed by atoms with Gasteiger partial charge in [-0.05, 0) is 37.3 Å². The van der Waals surface area contributed by atoms with Gasteiger partial charge in [0.1, 0.15) is 5.82 Å². The number of benzene rings is 2. The lowest BCUT2D eigenvalue weighted by atomic mass is 10.3. The molecule has 11 heteroatoms. The molecule has 1 amide bonds. The molecule has 3 rings (SSSR count). The number of rotatable bonds is 9. The quantitative estimate of drug-likeness (QED) is 0.293. The van der Waals surface area contributed by atoms with E-state index in [1.54, 1.807) is 35.8 Å². The predicted molar refractivity (Wildman–Crippen MR) is 121 cm³/mol. The van der Waals surface area contributed by atoms with E-state index < -0.39 is 17.7 Å². The molecule has 1 unspecified atom stereocenters. The van der Waals surface area contributed by atoms with Gasteiger partial charge in [0.25, 0.3) is 0 Å². The molecule has 0 aliphatic heterocycles. The summed E-state index contributed by atoms with van der Waals surface area (Å²) < 4.78 is 34.4. The van der Waals surface area contributed by atoms with Crippen LogP contribution in [0.25, 0.3) is 0 Å². The minimum Gasteiger partial charge on any atom is -0.480 e. The molecule has 0 saturated carbocycles. The molecule has 1 aromatic heterocycles. The molecular formula is C21H18Cl2F2N4O2S. The zero-order chi connectivity index (χ0) is 23.3. The number of thioether (sulfide) groups is 1. The van der Waals surface area contributed by atoms with E-state index in [0.29, 0.717) is 33.3 Å². The van der Waals surface area contributed by atoms with Gasteiger partial charge in [0.15, 0.2) is 28.7 Å². The fourth-order valence-corrected chi connectivity index (χ4v) is 3.78. The minimum absolute atomic E-state index is 0.0529. The molecule has 0 aliphatic rings. The van der Waals surface area contributed by atoms with Gasteiger partial charge >= 0.3 is 0 Å². The molecular weight excluding hydrogens is 481 g/mol. The average Bonchev–Trinajstić information content (AvgIpc) is 3.14. The first-order valence-corrected chi connectivity index (χ1v) is 11.1. The van der Waals surface area contributed by atoms with Crippen molar-refractivity contribution < 1.29 is 18.3 Å². The van der Waals surface area contributed by atoms with Gasteiger partial charge < -0.3 is 10.1 Å². The lowest BCUT2D eigenvalue weighted by molar-refractivity contribution is -0.113. The van der Waals surface area contributed by atoms with Gasteiger partial charge in [-0.3, -0.25) is 9.36 Å². The number of allylic oxidation sites excluding steroid dienone is 1. The number of anilines is 1. The van der Waals surface area contributed by atoms with E-state index in [4.69, 9.17) is 27.9 Å². The average molecular weight is 499 g/mol. The summed E-state index contributed by atoms with van der Waals surface area (Å²) in [7, 11) is 0. The van der Waals surface area contributed by atoms with Gasteiger partial charge in [0.2, 0.25) is 5.91 Å². The lowest BCUT2D eigenvalue weighted by Crippen LogP contribution is -2.15. The Morgan fingerprint density at radius 2 is 2.03 bits per heavy atom. The standard InChI is InChI=1S/C21H18Cl2F2N4O2S/c1-3-8-29-20(12(2)31-18-7-4-13(24)9-17(18)25)27-28-21(29)32-11-19(30)26-14-5-6-15(22)16(23)10-14/h3-7,9-10,12H,1,8,11H2,2H3,(H,26,30). The Hall–Kier alpha value is -2.62. The highest BCUT2D eigenvalue weighted by Crippen LogP contribution is 2.28. The smallest absolute Gasteiger partial charge is 0.234 e. The van der Waals surface area contributed by atoms with Crippen molar-refractivity contribution in [2.45, 2.75) is 24.7 Å².